The molecule has 8 heteroatoms. The van der Waals surface area contributed by atoms with Gasteiger partial charge in [0, 0.05) is 30.6 Å². The lowest BCUT2D eigenvalue weighted by atomic mass is 10.1. The highest BCUT2D eigenvalue weighted by atomic mass is 32.1. The van der Waals surface area contributed by atoms with Crippen LogP contribution in [0.1, 0.15) is 12.0 Å². The van der Waals surface area contributed by atoms with Crippen LogP contribution in [0.4, 0.5) is 5.13 Å². The van der Waals surface area contributed by atoms with Crippen molar-refractivity contribution in [3.63, 3.8) is 0 Å². The molecule has 7 nitrogen and oxygen atoms in total. The van der Waals surface area contributed by atoms with E-state index in [0.717, 1.165) is 16.8 Å². The van der Waals surface area contributed by atoms with Gasteiger partial charge in [0.05, 0.1) is 26.1 Å². The maximum Gasteiger partial charge on any atom is 0.226 e. The fourth-order valence-corrected chi connectivity index (χ4v) is 3.24. The number of benzene rings is 1. The summed E-state index contributed by atoms with van der Waals surface area (Å²) in [6, 6.07) is 5.60. The second kappa shape index (κ2) is 8.01. The number of anilines is 1. The van der Waals surface area contributed by atoms with Crippen LogP contribution in [0.3, 0.4) is 0 Å². The van der Waals surface area contributed by atoms with E-state index in [1.54, 1.807) is 25.1 Å². The van der Waals surface area contributed by atoms with Gasteiger partial charge in [0.25, 0.3) is 0 Å². The lowest BCUT2D eigenvalue weighted by molar-refractivity contribution is -0.116. The Morgan fingerprint density at radius 3 is 2.77 bits per heavy atom. The molecule has 0 aliphatic heterocycles. The molecule has 1 amide bonds. The smallest absolute Gasteiger partial charge is 0.226 e. The Kier molecular flexibility index (Phi) is 5.52. The quantitative estimate of drug-likeness (QED) is 0.689. The van der Waals surface area contributed by atoms with Gasteiger partial charge < -0.3 is 14.8 Å². The molecule has 1 aromatic carbocycles. The van der Waals surface area contributed by atoms with Crippen molar-refractivity contribution in [2.24, 2.45) is 7.05 Å². The molecule has 2 heterocycles. The first-order valence-electron chi connectivity index (χ1n) is 8.04. The average Bonchev–Trinajstić information content (AvgIpc) is 3.28. The van der Waals surface area contributed by atoms with Crippen LogP contribution in [0.2, 0.25) is 0 Å². The molecule has 0 unspecified atom stereocenters. The summed E-state index contributed by atoms with van der Waals surface area (Å²) in [4.78, 5) is 16.6. The average molecular weight is 372 g/mol. The Morgan fingerprint density at radius 1 is 1.27 bits per heavy atom. The Morgan fingerprint density at radius 2 is 2.08 bits per heavy atom. The summed E-state index contributed by atoms with van der Waals surface area (Å²) in [5.74, 6) is 1.23. The lowest BCUT2D eigenvalue weighted by Crippen LogP contribution is -2.12. The number of aromatic nitrogens is 3. The van der Waals surface area contributed by atoms with E-state index < -0.39 is 0 Å². The third kappa shape index (κ3) is 4.20. The summed E-state index contributed by atoms with van der Waals surface area (Å²) < 4.78 is 12.3. The van der Waals surface area contributed by atoms with Gasteiger partial charge in [-0.3, -0.25) is 9.48 Å². The van der Waals surface area contributed by atoms with Crippen molar-refractivity contribution >= 4 is 22.4 Å². The van der Waals surface area contributed by atoms with Crippen LogP contribution in [0.15, 0.2) is 36.0 Å². The fourth-order valence-electron chi connectivity index (χ4n) is 2.50. The maximum absolute atomic E-state index is 12.1. The Bertz CT molecular complexity index is 903. The topological polar surface area (TPSA) is 78.3 Å². The number of hydrogen-bond acceptors (Lipinski definition) is 6. The molecule has 26 heavy (non-hydrogen) atoms. The first-order chi connectivity index (χ1) is 12.6. The molecule has 3 rings (SSSR count). The van der Waals surface area contributed by atoms with Crippen LogP contribution in [0.25, 0.3) is 11.3 Å². The highest BCUT2D eigenvalue weighted by molar-refractivity contribution is 7.14. The summed E-state index contributed by atoms with van der Waals surface area (Å²) in [6.07, 6.45) is 4.71. The first-order valence-corrected chi connectivity index (χ1v) is 8.92. The zero-order valence-corrected chi connectivity index (χ0v) is 15.7. The predicted molar refractivity (Wildman–Crippen MR) is 101 cm³/mol. The van der Waals surface area contributed by atoms with Gasteiger partial charge in [-0.15, -0.1) is 11.3 Å². The summed E-state index contributed by atoms with van der Waals surface area (Å²) >= 11 is 1.39. The maximum atomic E-state index is 12.1. The Hall–Kier alpha value is -2.87. The molecule has 0 radical (unpaired) electrons. The number of carbonyl (C=O) groups excluding carboxylic acids is 1. The van der Waals surface area contributed by atoms with Crippen molar-refractivity contribution in [3.8, 4) is 22.8 Å². The Balaban J connectivity index is 1.63. The van der Waals surface area contributed by atoms with E-state index in [0.29, 0.717) is 29.5 Å². The minimum atomic E-state index is -0.0675. The lowest BCUT2D eigenvalue weighted by Gasteiger charge is -2.08. The number of aryl methyl sites for hydroxylation is 2. The van der Waals surface area contributed by atoms with Crippen molar-refractivity contribution in [3.05, 3.63) is 41.5 Å². The van der Waals surface area contributed by atoms with Gasteiger partial charge >= 0.3 is 0 Å². The molecular formula is C18H20N4O3S. The van der Waals surface area contributed by atoms with Gasteiger partial charge in [-0.25, -0.2) is 4.98 Å². The number of thiazole rings is 1. The normalized spacial score (nSPS) is 10.6. The van der Waals surface area contributed by atoms with Gasteiger partial charge in [-0.1, -0.05) is 0 Å². The number of methoxy groups -OCH3 is 2. The molecular weight excluding hydrogens is 352 g/mol. The highest BCUT2D eigenvalue weighted by Crippen LogP contribution is 2.33. The van der Waals surface area contributed by atoms with E-state index in [1.165, 1.54) is 11.3 Å². The summed E-state index contributed by atoms with van der Waals surface area (Å²) in [7, 11) is 5.05. The van der Waals surface area contributed by atoms with E-state index in [2.05, 4.69) is 15.4 Å². The van der Waals surface area contributed by atoms with Crippen LogP contribution < -0.4 is 14.8 Å². The van der Waals surface area contributed by atoms with Crippen LogP contribution >= 0.6 is 11.3 Å². The summed E-state index contributed by atoms with van der Waals surface area (Å²) in [5, 5.41) is 9.42. The molecule has 0 bridgehead atoms. The molecule has 136 valence electrons. The van der Waals surface area contributed by atoms with E-state index in [9.17, 15) is 4.79 Å². The minimum absolute atomic E-state index is 0.0675. The van der Waals surface area contributed by atoms with E-state index in [-0.39, 0.29) is 5.91 Å². The van der Waals surface area contributed by atoms with Crippen molar-refractivity contribution in [2.45, 2.75) is 12.8 Å². The second-order valence-corrected chi connectivity index (χ2v) is 6.54. The molecule has 0 atom stereocenters. The van der Waals surface area contributed by atoms with Gasteiger partial charge in [0.2, 0.25) is 5.91 Å². The van der Waals surface area contributed by atoms with Crippen molar-refractivity contribution in [1.29, 1.82) is 0 Å². The SMILES string of the molecule is COc1ccc(-c2csc(NC(=O)CCc3cnn(C)c3)n2)cc1OC. The van der Waals surface area contributed by atoms with Crippen LogP contribution in [0.5, 0.6) is 11.5 Å². The number of rotatable bonds is 7. The number of hydrogen-bond donors (Lipinski definition) is 1. The zero-order valence-electron chi connectivity index (χ0n) is 14.9. The molecule has 0 saturated carbocycles. The van der Waals surface area contributed by atoms with Crippen molar-refractivity contribution in [1.82, 2.24) is 14.8 Å². The summed E-state index contributed by atoms with van der Waals surface area (Å²) in [5.41, 5.74) is 2.71. The van der Waals surface area contributed by atoms with E-state index >= 15 is 0 Å². The fraction of sp³-hybridized carbons (Fsp3) is 0.278. The third-order valence-corrected chi connectivity index (χ3v) is 4.59. The zero-order chi connectivity index (χ0) is 18.5. The molecule has 0 saturated heterocycles. The highest BCUT2D eigenvalue weighted by Gasteiger charge is 2.11. The van der Waals surface area contributed by atoms with Gasteiger partial charge in [0.15, 0.2) is 16.6 Å². The molecule has 2 aromatic heterocycles. The van der Waals surface area contributed by atoms with Crippen LogP contribution in [0, 0.1) is 0 Å². The Labute approximate surface area is 155 Å². The number of nitrogens with one attached hydrogen (secondary N) is 1. The second-order valence-electron chi connectivity index (χ2n) is 5.68. The van der Waals surface area contributed by atoms with Crippen molar-refractivity contribution in [2.75, 3.05) is 19.5 Å². The van der Waals surface area contributed by atoms with E-state index in [4.69, 9.17) is 9.47 Å². The largest absolute Gasteiger partial charge is 0.493 e. The third-order valence-electron chi connectivity index (χ3n) is 3.83. The molecule has 3 aromatic rings. The van der Waals surface area contributed by atoms with Gasteiger partial charge in [-0.05, 0) is 30.2 Å². The number of amides is 1. The molecule has 1 N–H and O–H groups in total. The molecule has 0 spiro atoms. The van der Waals surface area contributed by atoms with Gasteiger partial charge in [-0.2, -0.15) is 5.10 Å². The van der Waals surface area contributed by atoms with Crippen LogP contribution in [-0.4, -0.2) is 34.9 Å². The number of nitrogens with zero attached hydrogens (tertiary/aromatic N) is 3. The molecule has 0 fully saturated rings. The van der Waals surface area contributed by atoms with Crippen LogP contribution in [-0.2, 0) is 18.3 Å². The van der Waals surface area contributed by atoms with E-state index in [1.807, 2.05) is 36.8 Å². The molecule has 0 aliphatic rings. The summed E-state index contributed by atoms with van der Waals surface area (Å²) in [6.45, 7) is 0. The van der Waals surface area contributed by atoms with Crippen molar-refractivity contribution < 1.29 is 14.3 Å². The standard InChI is InChI=1S/C18H20N4O3S/c1-22-10-12(9-19-22)4-7-17(23)21-18-20-14(11-26-18)13-5-6-15(24-2)16(8-13)25-3/h5-6,8-11H,4,7H2,1-3H3,(H,20,21,23). The molecule has 0 aliphatic carbocycles. The van der Waals surface area contributed by atoms with Gasteiger partial charge in [0.1, 0.15) is 0 Å². The number of carbonyl (C=O) groups is 1. The monoisotopic (exact) mass is 372 g/mol. The first kappa shape index (κ1) is 17.9. The predicted octanol–water partition coefficient (Wildman–Crippen LogP) is 3.13. The minimum Gasteiger partial charge on any atom is -0.493 e. The number of ether oxygens (including phenoxy) is 2.